The zero-order valence-electron chi connectivity index (χ0n) is 12.9. The summed E-state index contributed by atoms with van der Waals surface area (Å²) in [5.74, 6) is 0. The van der Waals surface area contributed by atoms with Crippen molar-refractivity contribution in [3.8, 4) is 6.07 Å². The highest BCUT2D eigenvalue weighted by Gasteiger charge is 2.40. The van der Waals surface area contributed by atoms with Crippen LogP contribution in [0.15, 0.2) is 24.3 Å². The molecule has 1 N–H and O–H groups in total. The molecule has 2 heterocycles. The lowest BCUT2D eigenvalue weighted by molar-refractivity contribution is 0.109. The van der Waals surface area contributed by atoms with Gasteiger partial charge in [-0.25, -0.2) is 0 Å². The Kier molecular flexibility index (Phi) is 4.57. The van der Waals surface area contributed by atoms with Gasteiger partial charge in [0.25, 0.3) is 0 Å². The average Bonchev–Trinajstić information content (AvgIpc) is 2.75. The fourth-order valence-electron chi connectivity index (χ4n) is 4.00. The minimum absolute atomic E-state index is 0.712. The van der Waals surface area contributed by atoms with Crippen molar-refractivity contribution in [2.45, 2.75) is 63.7 Å². The van der Waals surface area contributed by atoms with E-state index in [1.165, 1.54) is 37.7 Å². The number of nitrogens with zero attached hydrogens (tertiary/aromatic N) is 2. The van der Waals surface area contributed by atoms with Gasteiger partial charge >= 0.3 is 0 Å². The van der Waals surface area contributed by atoms with Gasteiger partial charge in [0, 0.05) is 24.7 Å². The summed E-state index contributed by atoms with van der Waals surface area (Å²) in [5, 5.41) is 12.7. The van der Waals surface area contributed by atoms with Crippen molar-refractivity contribution in [1.29, 1.82) is 5.26 Å². The number of rotatable bonds is 5. The van der Waals surface area contributed by atoms with Crippen LogP contribution in [0.1, 0.15) is 50.2 Å². The van der Waals surface area contributed by atoms with Crippen molar-refractivity contribution in [1.82, 2.24) is 10.2 Å². The molecule has 2 unspecified atom stereocenters. The lowest BCUT2D eigenvalue weighted by Gasteiger charge is -2.39. The molecule has 1 aromatic carbocycles. The van der Waals surface area contributed by atoms with Gasteiger partial charge in [0.15, 0.2) is 0 Å². The van der Waals surface area contributed by atoms with E-state index in [0.717, 1.165) is 30.7 Å². The molecule has 2 bridgehead atoms. The van der Waals surface area contributed by atoms with Crippen LogP contribution in [-0.2, 0) is 6.54 Å². The zero-order valence-corrected chi connectivity index (χ0v) is 12.9. The van der Waals surface area contributed by atoms with Gasteiger partial charge in [-0.2, -0.15) is 5.26 Å². The SMILES string of the molecule is CCCNC1CC2CCC(C1)N2Cc1cccc(C#N)c1. The monoisotopic (exact) mass is 283 g/mol. The van der Waals surface area contributed by atoms with Gasteiger partial charge in [-0.3, -0.25) is 4.90 Å². The Bertz CT molecular complexity index is 505. The van der Waals surface area contributed by atoms with Gasteiger partial charge in [-0.15, -0.1) is 0 Å². The van der Waals surface area contributed by atoms with Crippen LogP contribution in [0.25, 0.3) is 0 Å². The van der Waals surface area contributed by atoms with Crippen LogP contribution in [-0.4, -0.2) is 29.6 Å². The predicted molar refractivity (Wildman–Crippen MR) is 84.8 cm³/mol. The van der Waals surface area contributed by atoms with E-state index >= 15 is 0 Å². The summed E-state index contributed by atoms with van der Waals surface area (Å²) < 4.78 is 0. The molecule has 2 aliphatic heterocycles. The van der Waals surface area contributed by atoms with Crippen LogP contribution < -0.4 is 5.32 Å². The third kappa shape index (κ3) is 3.28. The second-order valence-corrected chi connectivity index (χ2v) is 6.49. The molecule has 112 valence electrons. The topological polar surface area (TPSA) is 39.1 Å². The summed E-state index contributed by atoms with van der Waals surface area (Å²) in [4.78, 5) is 2.68. The van der Waals surface area contributed by atoms with Crippen molar-refractivity contribution in [3.05, 3.63) is 35.4 Å². The highest BCUT2D eigenvalue weighted by Crippen LogP contribution is 2.36. The Hall–Kier alpha value is -1.37. The lowest BCUT2D eigenvalue weighted by atomic mass is 9.96. The summed E-state index contributed by atoms with van der Waals surface area (Å²) in [6.07, 6.45) is 6.47. The van der Waals surface area contributed by atoms with Gasteiger partial charge in [0.2, 0.25) is 0 Å². The Morgan fingerprint density at radius 1 is 1.29 bits per heavy atom. The molecule has 21 heavy (non-hydrogen) atoms. The zero-order chi connectivity index (χ0) is 14.7. The molecule has 1 aromatic rings. The first kappa shape index (κ1) is 14.6. The molecule has 3 heteroatoms. The first-order valence-corrected chi connectivity index (χ1v) is 8.28. The molecule has 0 aromatic heterocycles. The van der Waals surface area contributed by atoms with Crippen molar-refractivity contribution in [2.75, 3.05) is 6.54 Å². The maximum atomic E-state index is 9.03. The predicted octanol–water partition coefficient (Wildman–Crippen LogP) is 3.05. The maximum Gasteiger partial charge on any atom is 0.0991 e. The number of benzene rings is 1. The van der Waals surface area contributed by atoms with Crippen LogP contribution in [0.2, 0.25) is 0 Å². The van der Waals surface area contributed by atoms with E-state index in [2.05, 4.69) is 29.3 Å². The fraction of sp³-hybridized carbons (Fsp3) is 0.611. The maximum absolute atomic E-state index is 9.03. The molecule has 3 nitrogen and oxygen atoms in total. The van der Waals surface area contributed by atoms with E-state index in [1.54, 1.807) is 0 Å². The molecule has 0 aliphatic carbocycles. The van der Waals surface area contributed by atoms with Crippen molar-refractivity contribution < 1.29 is 0 Å². The van der Waals surface area contributed by atoms with Crippen LogP contribution in [0.4, 0.5) is 0 Å². The van der Waals surface area contributed by atoms with Gasteiger partial charge in [0.1, 0.15) is 0 Å². The molecule has 0 amide bonds. The molecule has 0 spiro atoms. The lowest BCUT2D eigenvalue weighted by Crippen LogP contribution is -2.48. The molecular formula is C18H25N3. The van der Waals surface area contributed by atoms with E-state index in [-0.39, 0.29) is 0 Å². The third-order valence-corrected chi connectivity index (χ3v) is 4.99. The molecule has 2 fully saturated rings. The average molecular weight is 283 g/mol. The Balaban J connectivity index is 1.64. The Morgan fingerprint density at radius 3 is 2.71 bits per heavy atom. The van der Waals surface area contributed by atoms with Crippen LogP contribution in [0.3, 0.4) is 0 Å². The fourth-order valence-corrected chi connectivity index (χ4v) is 4.00. The molecule has 0 radical (unpaired) electrons. The number of nitrogens with one attached hydrogen (secondary N) is 1. The summed E-state index contributed by atoms with van der Waals surface area (Å²) >= 11 is 0. The first-order valence-electron chi connectivity index (χ1n) is 8.28. The molecule has 2 aliphatic rings. The Morgan fingerprint density at radius 2 is 2.05 bits per heavy atom. The van der Waals surface area contributed by atoms with Crippen LogP contribution >= 0.6 is 0 Å². The Labute approximate surface area is 128 Å². The van der Waals surface area contributed by atoms with Gasteiger partial charge in [-0.05, 0) is 56.3 Å². The largest absolute Gasteiger partial charge is 0.314 e. The van der Waals surface area contributed by atoms with Gasteiger partial charge < -0.3 is 5.32 Å². The minimum atomic E-state index is 0.712. The second-order valence-electron chi connectivity index (χ2n) is 6.49. The second kappa shape index (κ2) is 6.60. The van der Waals surface area contributed by atoms with Gasteiger partial charge in [0.05, 0.1) is 11.6 Å². The summed E-state index contributed by atoms with van der Waals surface area (Å²) in [6, 6.07) is 12.5. The highest BCUT2D eigenvalue weighted by molar-refractivity contribution is 5.32. The van der Waals surface area contributed by atoms with E-state index in [9.17, 15) is 0 Å². The highest BCUT2D eigenvalue weighted by atomic mass is 15.2. The number of piperidine rings is 1. The number of nitriles is 1. The summed E-state index contributed by atoms with van der Waals surface area (Å²) in [7, 11) is 0. The van der Waals surface area contributed by atoms with Crippen molar-refractivity contribution in [3.63, 3.8) is 0 Å². The first-order chi connectivity index (χ1) is 10.3. The van der Waals surface area contributed by atoms with E-state index in [0.29, 0.717) is 6.04 Å². The van der Waals surface area contributed by atoms with Crippen molar-refractivity contribution in [2.24, 2.45) is 0 Å². The standard InChI is InChI=1S/C18H25N3/c1-2-8-20-16-10-17-6-7-18(11-16)21(17)13-15-5-3-4-14(9-15)12-19/h3-5,9,16-18,20H,2,6-8,10-11,13H2,1H3. The number of hydrogen-bond acceptors (Lipinski definition) is 3. The number of hydrogen-bond donors (Lipinski definition) is 1. The summed E-state index contributed by atoms with van der Waals surface area (Å²) in [5.41, 5.74) is 2.06. The number of fused-ring (bicyclic) bond motifs is 2. The smallest absolute Gasteiger partial charge is 0.0991 e. The normalized spacial score (nSPS) is 28.5. The molecule has 2 atom stereocenters. The van der Waals surface area contributed by atoms with E-state index in [1.807, 2.05) is 18.2 Å². The molecule has 3 rings (SSSR count). The summed E-state index contributed by atoms with van der Waals surface area (Å²) in [6.45, 7) is 4.39. The van der Waals surface area contributed by atoms with E-state index < -0.39 is 0 Å². The van der Waals surface area contributed by atoms with Crippen LogP contribution in [0.5, 0.6) is 0 Å². The minimum Gasteiger partial charge on any atom is -0.314 e. The van der Waals surface area contributed by atoms with Gasteiger partial charge in [-0.1, -0.05) is 19.1 Å². The molecular weight excluding hydrogens is 258 g/mol. The molecule has 0 saturated carbocycles. The third-order valence-electron chi connectivity index (χ3n) is 4.99. The van der Waals surface area contributed by atoms with E-state index in [4.69, 9.17) is 5.26 Å². The van der Waals surface area contributed by atoms with Crippen LogP contribution in [0, 0.1) is 11.3 Å². The quantitative estimate of drug-likeness (QED) is 0.902. The molecule has 2 saturated heterocycles. The van der Waals surface area contributed by atoms with Crippen molar-refractivity contribution >= 4 is 0 Å².